The summed E-state index contributed by atoms with van der Waals surface area (Å²) in [5, 5.41) is 2.50. The van der Waals surface area contributed by atoms with Gasteiger partial charge in [0.1, 0.15) is 5.75 Å². The molecule has 1 aromatic heterocycles. The lowest BCUT2D eigenvalue weighted by molar-refractivity contribution is -0.122. The molecule has 0 N–H and O–H groups in total. The molecule has 2 heterocycles. The van der Waals surface area contributed by atoms with Crippen LogP contribution < -0.4 is 4.74 Å². The zero-order valence-electron chi connectivity index (χ0n) is 19.4. The quantitative estimate of drug-likeness (QED) is 0.268. The van der Waals surface area contributed by atoms with Crippen molar-refractivity contribution in [3.8, 4) is 5.75 Å². The van der Waals surface area contributed by atoms with E-state index in [1.807, 2.05) is 73.7 Å². The van der Waals surface area contributed by atoms with Crippen molar-refractivity contribution in [2.45, 2.75) is 13.5 Å². The van der Waals surface area contributed by atoms with Crippen LogP contribution in [0.25, 0.3) is 17.0 Å². The molecule has 1 aliphatic rings. The molecule has 0 aliphatic carbocycles. The maximum atomic E-state index is 13.2. The van der Waals surface area contributed by atoms with Crippen molar-refractivity contribution in [1.29, 1.82) is 0 Å². The standard InChI is InChI=1S/C28H24ClN3O2S/c1-3-32-27(33)26(35-28(32)30-21-12-14-22(34-2)15-13-21)16-20-18-31(25-11-7-5-9-23(20)25)17-19-8-4-6-10-24(19)29/h4-16,18H,3,17H2,1-2H3/b26-16+,30-28?. The van der Waals surface area contributed by atoms with E-state index in [-0.39, 0.29) is 5.91 Å². The van der Waals surface area contributed by atoms with Gasteiger partial charge >= 0.3 is 0 Å². The van der Waals surface area contributed by atoms with Crippen molar-refractivity contribution in [1.82, 2.24) is 9.47 Å². The van der Waals surface area contributed by atoms with Crippen molar-refractivity contribution in [3.63, 3.8) is 0 Å². The number of likely N-dealkylation sites (N-methyl/N-ethyl adjacent to an activating group) is 1. The number of thioether (sulfide) groups is 1. The van der Waals surface area contributed by atoms with Crippen LogP contribution in [-0.4, -0.2) is 34.2 Å². The maximum Gasteiger partial charge on any atom is 0.266 e. The van der Waals surface area contributed by atoms with Crippen LogP contribution in [0.3, 0.4) is 0 Å². The van der Waals surface area contributed by atoms with Crippen molar-refractivity contribution >= 4 is 57.1 Å². The van der Waals surface area contributed by atoms with Crippen LogP contribution >= 0.6 is 23.4 Å². The van der Waals surface area contributed by atoms with E-state index in [9.17, 15) is 4.79 Å². The van der Waals surface area contributed by atoms with E-state index in [1.54, 1.807) is 12.0 Å². The number of carbonyl (C=O) groups excluding carboxylic acids is 1. The number of amidine groups is 1. The minimum atomic E-state index is -0.0345. The van der Waals surface area contributed by atoms with Crippen molar-refractivity contribution in [2.75, 3.05) is 13.7 Å². The number of hydrogen-bond acceptors (Lipinski definition) is 4. The van der Waals surface area contributed by atoms with E-state index >= 15 is 0 Å². The molecule has 0 unspecified atom stereocenters. The van der Waals surface area contributed by atoms with Gasteiger partial charge in [-0.25, -0.2) is 4.99 Å². The van der Waals surface area contributed by atoms with Crippen LogP contribution in [0.15, 0.2) is 88.9 Å². The molecular weight excluding hydrogens is 478 g/mol. The van der Waals surface area contributed by atoms with E-state index in [0.29, 0.717) is 23.2 Å². The van der Waals surface area contributed by atoms with Crippen LogP contribution in [0.5, 0.6) is 5.75 Å². The number of rotatable bonds is 6. The Morgan fingerprint density at radius 2 is 1.77 bits per heavy atom. The Hall–Kier alpha value is -3.48. The molecule has 4 aromatic rings. The van der Waals surface area contributed by atoms with Gasteiger partial charge in [-0.05, 0) is 66.7 Å². The lowest BCUT2D eigenvalue weighted by Gasteiger charge is -2.12. The Kier molecular flexibility index (Phi) is 6.66. The largest absolute Gasteiger partial charge is 0.497 e. The molecule has 3 aromatic carbocycles. The van der Waals surface area contributed by atoms with Crippen LogP contribution in [-0.2, 0) is 11.3 Å². The summed E-state index contributed by atoms with van der Waals surface area (Å²) in [5.74, 6) is 0.734. The fourth-order valence-electron chi connectivity index (χ4n) is 4.11. The minimum absolute atomic E-state index is 0.0345. The molecular formula is C28H24ClN3O2S. The van der Waals surface area contributed by atoms with E-state index < -0.39 is 0 Å². The number of benzene rings is 3. The third-order valence-corrected chi connectivity index (χ3v) is 7.28. The van der Waals surface area contributed by atoms with Crippen molar-refractivity contribution in [3.05, 3.63) is 100 Å². The molecule has 5 rings (SSSR count). The normalized spacial score (nSPS) is 16.1. The topological polar surface area (TPSA) is 46.8 Å². The van der Waals surface area contributed by atoms with E-state index in [1.165, 1.54) is 11.8 Å². The number of nitrogens with zero attached hydrogens (tertiary/aromatic N) is 3. The first-order valence-corrected chi connectivity index (χ1v) is 12.5. The van der Waals surface area contributed by atoms with Gasteiger partial charge in [-0.15, -0.1) is 0 Å². The molecule has 7 heteroatoms. The zero-order valence-corrected chi connectivity index (χ0v) is 21.0. The molecule has 1 fully saturated rings. The lowest BCUT2D eigenvalue weighted by atomic mass is 10.1. The fourth-order valence-corrected chi connectivity index (χ4v) is 5.36. The molecule has 1 amide bonds. The van der Waals surface area contributed by atoms with Gasteiger partial charge in [0.05, 0.1) is 17.7 Å². The summed E-state index contributed by atoms with van der Waals surface area (Å²) in [6, 6.07) is 23.6. The number of amides is 1. The molecule has 0 spiro atoms. The molecule has 1 saturated heterocycles. The van der Waals surface area contributed by atoms with Gasteiger partial charge in [0.15, 0.2) is 5.17 Å². The van der Waals surface area contributed by atoms with E-state index in [0.717, 1.165) is 38.5 Å². The summed E-state index contributed by atoms with van der Waals surface area (Å²) < 4.78 is 7.40. The Labute approximate surface area is 213 Å². The molecule has 0 radical (unpaired) electrons. The number of fused-ring (bicyclic) bond motifs is 1. The summed E-state index contributed by atoms with van der Waals surface area (Å²) in [6.07, 6.45) is 4.06. The molecule has 0 saturated carbocycles. The summed E-state index contributed by atoms with van der Waals surface area (Å²) in [7, 11) is 1.63. The van der Waals surface area contributed by atoms with Crippen LogP contribution in [0.4, 0.5) is 5.69 Å². The average molecular weight is 502 g/mol. The van der Waals surface area contributed by atoms with E-state index in [4.69, 9.17) is 21.3 Å². The third kappa shape index (κ3) is 4.72. The first-order chi connectivity index (χ1) is 17.1. The predicted octanol–water partition coefficient (Wildman–Crippen LogP) is 6.98. The first kappa shape index (κ1) is 23.3. The summed E-state index contributed by atoms with van der Waals surface area (Å²) in [4.78, 5) is 20.3. The number of hydrogen-bond donors (Lipinski definition) is 0. The first-order valence-electron chi connectivity index (χ1n) is 11.3. The Morgan fingerprint density at radius 3 is 2.51 bits per heavy atom. The molecule has 35 heavy (non-hydrogen) atoms. The molecule has 5 nitrogen and oxygen atoms in total. The molecule has 0 bridgehead atoms. The van der Waals surface area contributed by atoms with Gasteiger partial charge in [-0.2, -0.15) is 0 Å². The number of aliphatic imine (C=N–C) groups is 1. The van der Waals surface area contributed by atoms with Gasteiger partial charge in [0.25, 0.3) is 5.91 Å². The third-order valence-electron chi connectivity index (χ3n) is 5.91. The van der Waals surface area contributed by atoms with Gasteiger partial charge in [0, 0.05) is 40.8 Å². The second kappa shape index (κ2) is 10.0. The van der Waals surface area contributed by atoms with Gasteiger partial charge < -0.3 is 9.30 Å². The summed E-state index contributed by atoms with van der Waals surface area (Å²) in [5.41, 5.74) is 3.91. The summed E-state index contributed by atoms with van der Waals surface area (Å²) in [6.45, 7) is 3.16. The number of carbonyl (C=O) groups is 1. The fraction of sp³-hybridized carbons (Fsp3) is 0.143. The van der Waals surface area contributed by atoms with Gasteiger partial charge in [-0.1, -0.05) is 48.0 Å². The second-order valence-corrected chi connectivity index (χ2v) is 9.49. The highest BCUT2D eigenvalue weighted by Crippen LogP contribution is 2.36. The predicted molar refractivity (Wildman–Crippen MR) is 146 cm³/mol. The highest BCUT2D eigenvalue weighted by Gasteiger charge is 2.32. The van der Waals surface area contributed by atoms with Crippen LogP contribution in [0.1, 0.15) is 18.1 Å². The molecule has 176 valence electrons. The highest BCUT2D eigenvalue weighted by atomic mass is 35.5. The lowest BCUT2D eigenvalue weighted by Crippen LogP contribution is -2.28. The van der Waals surface area contributed by atoms with Crippen molar-refractivity contribution < 1.29 is 9.53 Å². The van der Waals surface area contributed by atoms with Gasteiger partial charge in [0.2, 0.25) is 0 Å². The maximum absolute atomic E-state index is 13.2. The highest BCUT2D eigenvalue weighted by molar-refractivity contribution is 8.18. The van der Waals surface area contributed by atoms with E-state index in [2.05, 4.69) is 22.9 Å². The number of methoxy groups -OCH3 is 1. The smallest absolute Gasteiger partial charge is 0.266 e. The Bertz CT molecular complexity index is 1460. The number of halogens is 1. The van der Waals surface area contributed by atoms with Crippen LogP contribution in [0, 0.1) is 0 Å². The Morgan fingerprint density at radius 1 is 1.03 bits per heavy atom. The second-order valence-electron chi connectivity index (χ2n) is 8.07. The SMILES string of the molecule is CCN1C(=O)/C(=C\c2cn(Cc3ccccc3Cl)c3ccccc23)SC1=Nc1ccc(OC)cc1. The molecule has 1 aliphatic heterocycles. The van der Waals surface area contributed by atoms with Crippen molar-refractivity contribution in [2.24, 2.45) is 4.99 Å². The zero-order chi connectivity index (χ0) is 24.4. The number of ether oxygens (including phenoxy) is 1. The minimum Gasteiger partial charge on any atom is -0.497 e. The number of para-hydroxylation sites is 1. The average Bonchev–Trinajstić information content (AvgIpc) is 3.37. The number of aromatic nitrogens is 1. The summed E-state index contributed by atoms with van der Waals surface area (Å²) >= 11 is 7.82. The van der Waals surface area contributed by atoms with Crippen LogP contribution in [0.2, 0.25) is 5.02 Å². The Balaban J connectivity index is 1.50. The monoisotopic (exact) mass is 501 g/mol. The molecule has 0 atom stereocenters. The van der Waals surface area contributed by atoms with Gasteiger partial charge in [-0.3, -0.25) is 9.69 Å².